The number of nitrogens with one attached hydrogen (secondary N) is 2. The van der Waals surface area contributed by atoms with Crippen LogP contribution in [0.15, 0.2) is 77.7 Å². The van der Waals surface area contributed by atoms with Gasteiger partial charge in [-0.2, -0.15) is 0 Å². The van der Waals surface area contributed by atoms with Gasteiger partial charge in [0.05, 0.1) is 17.7 Å². The molecule has 2 amide bonds. The van der Waals surface area contributed by atoms with Crippen LogP contribution in [0.1, 0.15) is 26.3 Å². The molecule has 33 heavy (non-hydrogen) atoms. The maximum absolute atomic E-state index is 13.1. The van der Waals surface area contributed by atoms with E-state index in [2.05, 4.69) is 10.6 Å². The number of methoxy groups -OCH3 is 1. The number of benzene rings is 3. The fourth-order valence-electron chi connectivity index (χ4n) is 3.09. The van der Waals surface area contributed by atoms with Gasteiger partial charge in [0.15, 0.2) is 0 Å². The first-order chi connectivity index (χ1) is 15.8. The first-order valence-electron chi connectivity index (χ1n) is 10.1. The Hall–Kier alpha value is -3.85. The molecule has 0 fully saturated rings. The Labute approximate surface area is 193 Å². The summed E-state index contributed by atoms with van der Waals surface area (Å²) in [6.07, 6.45) is 0. The van der Waals surface area contributed by atoms with Crippen molar-refractivity contribution in [1.82, 2.24) is 10.6 Å². The molecule has 0 unspecified atom stereocenters. The summed E-state index contributed by atoms with van der Waals surface area (Å²) in [5.74, 6) is 0.0178. The fourth-order valence-corrected chi connectivity index (χ4v) is 4.33. The minimum absolute atomic E-state index is 0.00315. The van der Waals surface area contributed by atoms with Crippen molar-refractivity contribution < 1.29 is 22.7 Å². The van der Waals surface area contributed by atoms with Gasteiger partial charge in [-0.25, -0.2) is 8.42 Å². The SMILES string of the molecule is CNC(=O)c1ccc(CNC(=O)c2cccc(S(=O)(=O)N(C)c3ccc(OC)cc3)c2)cc1. The fraction of sp³-hybridized carbons (Fsp3) is 0.167. The molecule has 0 radical (unpaired) electrons. The van der Waals surface area contributed by atoms with Gasteiger partial charge in [0, 0.05) is 31.8 Å². The average molecular weight is 468 g/mol. The number of carbonyl (C=O) groups is 2. The molecule has 0 aliphatic carbocycles. The number of nitrogens with zero attached hydrogens (tertiary/aromatic N) is 1. The van der Waals surface area contributed by atoms with Crippen LogP contribution in [0.3, 0.4) is 0 Å². The summed E-state index contributed by atoms with van der Waals surface area (Å²) in [5.41, 5.74) is 2.01. The van der Waals surface area contributed by atoms with E-state index in [0.717, 1.165) is 9.87 Å². The number of rotatable bonds is 8. The molecule has 0 spiro atoms. The van der Waals surface area contributed by atoms with E-state index in [1.54, 1.807) is 61.6 Å². The van der Waals surface area contributed by atoms with E-state index in [-0.39, 0.29) is 22.9 Å². The number of hydrogen-bond acceptors (Lipinski definition) is 5. The predicted molar refractivity (Wildman–Crippen MR) is 126 cm³/mol. The Balaban J connectivity index is 1.72. The van der Waals surface area contributed by atoms with E-state index in [1.807, 2.05) is 0 Å². The third-order valence-corrected chi connectivity index (χ3v) is 6.87. The van der Waals surface area contributed by atoms with E-state index >= 15 is 0 Å². The highest BCUT2D eigenvalue weighted by Gasteiger charge is 2.22. The van der Waals surface area contributed by atoms with Crippen LogP contribution >= 0.6 is 0 Å². The number of anilines is 1. The van der Waals surface area contributed by atoms with Crippen molar-refractivity contribution >= 4 is 27.5 Å². The molecule has 3 aromatic rings. The van der Waals surface area contributed by atoms with Gasteiger partial charge in [-0.15, -0.1) is 0 Å². The van der Waals surface area contributed by atoms with Crippen molar-refractivity contribution in [3.05, 3.63) is 89.5 Å². The van der Waals surface area contributed by atoms with E-state index < -0.39 is 15.9 Å². The summed E-state index contributed by atoms with van der Waals surface area (Å²) >= 11 is 0. The van der Waals surface area contributed by atoms with Gasteiger partial charge in [-0.3, -0.25) is 13.9 Å². The summed E-state index contributed by atoms with van der Waals surface area (Å²) < 4.78 is 32.4. The Morgan fingerprint density at radius 2 is 1.58 bits per heavy atom. The van der Waals surface area contributed by atoms with Gasteiger partial charge in [-0.1, -0.05) is 18.2 Å². The summed E-state index contributed by atoms with van der Waals surface area (Å²) in [5, 5.41) is 5.31. The minimum atomic E-state index is -3.88. The number of carbonyl (C=O) groups excluding carboxylic acids is 2. The normalized spacial score (nSPS) is 10.9. The van der Waals surface area contributed by atoms with Gasteiger partial charge in [0.2, 0.25) is 0 Å². The summed E-state index contributed by atoms with van der Waals surface area (Å²) in [6.45, 7) is 0.232. The van der Waals surface area contributed by atoms with Crippen LogP contribution in [0.2, 0.25) is 0 Å². The average Bonchev–Trinajstić information content (AvgIpc) is 2.86. The van der Waals surface area contributed by atoms with Crippen molar-refractivity contribution in [2.75, 3.05) is 25.5 Å². The van der Waals surface area contributed by atoms with Crippen LogP contribution in [-0.4, -0.2) is 41.4 Å². The summed E-state index contributed by atoms with van der Waals surface area (Å²) in [4.78, 5) is 24.3. The molecule has 0 atom stereocenters. The Kier molecular flexibility index (Phi) is 7.34. The van der Waals surface area contributed by atoms with Crippen molar-refractivity contribution in [1.29, 1.82) is 0 Å². The molecule has 8 nitrogen and oxygen atoms in total. The lowest BCUT2D eigenvalue weighted by Gasteiger charge is -2.20. The first-order valence-corrected chi connectivity index (χ1v) is 11.5. The van der Waals surface area contributed by atoms with Gasteiger partial charge >= 0.3 is 0 Å². The molecule has 0 heterocycles. The molecular weight excluding hydrogens is 442 g/mol. The van der Waals surface area contributed by atoms with Crippen LogP contribution in [0.4, 0.5) is 5.69 Å². The highest BCUT2D eigenvalue weighted by atomic mass is 32.2. The second kappa shape index (κ2) is 10.2. The second-order valence-electron chi connectivity index (χ2n) is 7.16. The highest BCUT2D eigenvalue weighted by molar-refractivity contribution is 7.92. The monoisotopic (exact) mass is 467 g/mol. The number of amides is 2. The van der Waals surface area contributed by atoms with Gasteiger partial charge < -0.3 is 15.4 Å². The molecule has 2 N–H and O–H groups in total. The zero-order valence-corrected chi connectivity index (χ0v) is 19.3. The molecule has 0 aromatic heterocycles. The van der Waals surface area contributed by atoms with Gasteiger partial charge in [0.1, 0.15) is 5.75 Å². The molecule has 0 saturated carbocycles. The van der Waals surface area contributed by atoms with Crippen LogP contribution in [-0.2, 0) is 16.6 Å². The number of ether oxygens (including phenoxy) is 1. The maximum atomic E-state index is 13.1. The highest BCUT2D eigenvalue weighted by Crippen LogP contribution is 2.24. The summed E-state index contributed by atoms with van der Waals surface area (Å²) in [7, 11) is 0.664. The number of sulfonamides is 1. The molecule has 3 rings (SSSR count). The Bertz CT molecular complexity index is 1240. The first kappa shape index (κ1) is 23.8. The zero-order valence-electron chi connectivity index (χ0n) is 18.5. The third kappa shape index (κ3) is 5.50. The Morgan fingerprint density at radius 1 is 0.909 bits per heavy atom. The van der Waals surface area contributed by atoms with Crippen LogP contribution in [0.25, 0.3) is 0 Å². The zero-order chi connectivity index (χ0) is 24.0. The molecule has 0 bridgehead atoms. The lowest BCUT2D eigenvalue weighted by Crippen LogP contribution is -2.27. The third-order valence-electron chi connectivity index (χ3n) is 5.09. The van der Waals surface area contributed by atoms with Crippen LogP contribution < -0.4 is 19.7 Å². The van der Waals surface area contributed by atoms with E-state index in [4.69, 9.17) is 4.74 Å². The van der Waals surface area contributed by atoms with Gasteiger partial charge in [0.25, 0.3) is 21.8 Å². The smallest absolute Gasteiger partial charge is 0.264 e. The molecule has 0 saturated heterocycles. The van der Waals surface area contributed by atoms with Crippen molar-refractivity contribution in [2.24, 2.45) is 0 Å². The molecule has 0 aliphatic heterocycles. The largest absolute Gasteiger partial charge is 0.497 e. The number of hydrogen-bond donors (Lipinski definition) is 2. The molecule has 0 aliphatic rings. The van der Waals surface area contributed by atoms with Crippen molar-refractivity contribution in [3.8, 4) is 5.75 Å². The molecule has 9 heteroatoms. The lowest BCUT2D eigenvalue weighted by molar-refractivity contribution is 0.0946. The summed E-state index contributed by atoms with van der Waals surface area (Å²) in [6, 6.07) is 19.3. The standard InChI is InChI=1S/C24H25N3O5S/c1-25-23(28)18-9-7-17(8-10-18)16-26-24(29)19-5-4-6-22(15-19)33(30,31)27(2)20-11-13-21(32-3)14-12-20/h4-15H,16H2,1-3H3,(H,25,28)(H,26,29). The molecule has 3 aromatic carbocycles. The van der Waals surface area contributed by atoms with E-state index in [0.29, 0.717) is 17.0 Å². The maximum Gasteiger partial charge on any atom is 0.264 e. The predicted octanol–water partition coefficient (Wildman–Crippen LogP) is 2.81. The minimum Gasteiger partial charge on any atom is -0.497 e. The topological polar surface area (TPSA) is 105 Å². The quantitative estimate of drug-likeness (QED) is 0.530. The van der Waals surface area contributed by atoms with Crippen LogP contribution in [0.5, 0.6) is 5.75 Å². The molecule has 172 valence electrons. The lowest BCUT2D eigenvalue weighted by atomic mass is 10.1. The second-order valence-corrected chi connectivity index (χ2v) is 9.13. The van der Waals surface area contributed by atoms with E-state index in [1.165, 1.54) is 32.4 Å². The molecular formula is C24H25N3O5S. The van der Waals surface area contributed by atoms with Crippen molar-refractivity contribution in [3.63, 3.8) is 0 Å². The van der Waals surface area contributed by atoms with Crippen LogP contribution in [0, 0.1) is 0 Å². The Morgan fingerprint density at radius 3 is 2.18 bits per heavy atom. The van der Waals surface area contributed by atoms with Crippen molar-refractivity contribution in [2.45, 2.75) is 11.4 Å². The van der Waals surface area contributed by atoms with E-state index in [9.17, 15) is 18.0 Å². The van der Waals surface area contributed by atoms with Gasteiger partial charge in [-0.05, 0) is 60.2 Å².